The molecule has 2 fully saturated rings. The molecule has 0 bridgehead atoms. The first-order valence-electron chi connectivity index (χ1n) is 10.9. The van der Waals surface area contributed by atoms with Gasteiger partial charge in [-0.3, -0.25) is 9.59 Å². The topological polar surface area (TPSA) is 96.2 Å². The van der Waals surface area contributed by atoms with Gasteiger partial charge in [-0.1, -0.05) is 36.7 Å². The molecule has 2 heterocycles. The van der Waals surface area contributed by atoms with Crippen molar-refractivity contribution in [2.75, 3.05) is 36.8 Å². The van der Waals surface area contributed by atoms with Gasteiger partial charge in [0, 0.05) is 45.3 Å². The molecule has 1 saturated carbocycles. The van der Waals surface area contributed by atoms with Crippen LogP contribution in [0.15, 0.2) is 29.4 Å². The number of carbonyl (C=O) groups is 2. The molecule has 2 aromatic rings. The molecule has 10 heteroatoms. The number of amides is 2. The summed E-state index contributed by atoms with van der Waals surface area (Å²) in [4.78, 5) is 27.9. The van der Waals surface area contributed by atoms with Crippen LogP contribution in [0.25, 0.3) is 0 Å². The first-order chi connectivity index (χ1) is 15.1. The van der Waals surface area contributed by atoms with Crippen molar-refractivity contribution in [1.82, 2.24) is 30.4 Å². The number of aromatic nitrogens is 4. The lowest BCUT2D eigenvalue weighted by Crippen LogP contribution is -2.48. The molecule has 0 unspecified atom stereocenters. The number of benzene rings is 1. The van der Waals surface area contributed by atoms with E-state index in [0.717, 1.165) is 55.4 Å². The average Bonchev–Trinajstić information content (AvgIpc) is 3.48. The van der Waals surface area contributed by atoms with Gasteiger partial charge in [0.25, 0.3) is 0 Å². The zero-order chi connectivity index (χ0) is 21.6. The number of rotatable bonds is 7. The van der Waals surface area contributed by atoms with Crippen LogP contribution in [0, 0.1) is 0 Å². The van der Waals surface area contributed by atoms with Gasteiger partial charge in [0.1, 0.15) is 0 Å². The molecule has 31 heavy (non-hydrogen) atoms. The Kier molecular flexibility index (Phi) is 7.06. The summed E-state index contributed by atoms with van der Waals surface area (Å²) in [6.45, 7) is 5.31. The van der Waals surface area contributed by atoms with Gasteiger partial charge in [-0.05, 0) is 41.0 Å². The molecule has 0 atom stereocenters. The van der Waals surface area contributed by atoms with Crippen molar-refractivity contribution in [3.63, 3.8) is 0 Å². The van der Waals surface area contributed by atoms with Gasteiger partial charge in [-0.15, -0.1) is 5.10 Å². The zero-order valence-corrected chi connectivity index (χ0v) is 18.7. The maximum Gasteiger partial charge on any atom is 0.230 e. The Morgan fingerprint density at radius 1 is 1.10 bits per heavy atom. The van der Waals surface area contributed by atoms with Crippen LogP contribution in [0.3, 0.4) is 0 Å². The molecule has 1 aliphatic carbocycles. The summed E-state index contributed by atoms with van der Waals surface area (Å²) in [6.07, 6.45) is 4.63. The molecule has 9 nitrogen and oxygen atoms in total. The average molecular weight is 444 g/mol. The standard InChI is InChI=1S/C21H29N7O2S/c1-16(29)26-10-12-27(13-11-26)18-8-6-17(7-9-18)14-22-20(30)15-31-21-23-24-25-28(21)19-4-2-3-5-19/h6-9,19H,2-5,10-15H2,1H3,(H,22,30). The van der Waals surface area contributed by atoms with Crippen molar-refractivity contribution < 1.29 is 9.59 Å². The van der Waals surface area contributed by atoms with Gasteiger partial charge in [0.15, 0.2) is 0 Å². The predicted molar refractivity (Wildman–Crippen MR) is 119 cm³/mol. The van der Waals surface area contributed by atoms with Crippen molar-refractivity contribution in [3.05, 3.63) is 29.8 Å². The molecule has 0 radical (unpaired) electrons. The van der Waals surface area contributed by atoms with Crippen LogP contribution < -0.4 is 10.2 Å². The van der Waals surface area contributed by atoms with E-state index in [4.69, 9.17) is 0 Å². The fourth-order valence-corrected chi connectivity index (χ4v) is 4.92. The van der Waals surface area contributed by atoms with Gasteiger partial charge < -0.3 is 15.1 Å². The number of piperazine rings is 1. The van der Waals surface area contributed by atoms with E-state index in [0.29, 0.717) is 18.3 Å². The van der Waals surface area contributed by atoms with E-state index in [9.17, 15) is 9.59 Å². The monoisotopic (exact) mass is 443 g/mol. The van der Waals surface area contributed by atoms with Crippen LogP contribution in [0.5, 0.6) is 0 Å². The van der Waals surface area contributed by atoms with Gasteiger partial charge in [0.2, 0.25) is 17.0 Å². The zero-order valence-electron chi connectivity index (χ0n) is 17.9. The molecule has 1 aromatic heterocycles. The molecule has 2 aliphatic rings. The molecular weight excluding hydrogens is 414 g/mol. The van der Waals surface area contributed by atoms with Crippen molar-refractivity contribution >= 4 is 29.3 Å². The van der Waals surface area contributed by atoms with Gasteiger partial charge in [-0.25, -0.2) is 4.68 Å². The highest BCUT2D eigenvalue weighted by molar-refractivity contribution is 7.99. The number of carbonyl (C=O) groups excluding carboxylic acids is 2. The van der Waals surface area contributed by atoms with Gasteiger partial charge >= 0.3 is 0 Å². The minimum Gasteiger partial charge on any atom is -0.368 e. The SMILES string of the molecule is CC(=O)N1CCN(c2ccc(CNC(=O)CSc3nnnn3C3CCCC3)cc2)CC1. The first-order valence-corrected chi connectivity index (χ1v) is 11.9. The lowest BCUT2D eigenvalue weighted by molar-refractivity contribution is -0.129. The minimum absolute atomic E-state index is 0.0320. The Bertz CT molecular complexity index is 887. The summed E-state index contributed by atoms with van der Waals surface area (Å²) in [7, 11) is 0. The smallest absolute Gasteiger partial charge is 0.230 e. The normalized spacial score (nSPS) is 17.2. The summed E-state index contributed by atoms with van der Waals surface area (Å²) >= 11 is 1.39. The maximum absolute atomic E-state index is 12.3. The van der Waals surface area contributed by atoms with Crippen LogP contribution in [-0.2, 0) is 16.1 Å². The third-order valence-corrected chi connectivity index (χ3v) is 6.92. The number of thioether (sulfide) groups is 1. The molecule has 1 aliphatic heterocycles. The number of anilines is 1. The molecule has 1 N–H and O–H groups in total. The van der Waals surface area contributed by atoms with E-state index in [1.165, 1.54) is 24.6 Å². The highest BCUT2D eigenvalue weighted by atomic mass is 32.2. The Labute approximate surface area is 186 Å². The highest BCUT2D eigenvalue weighted by Gasteiger charge is 2.22. The van der Waals surface area contributed by atoms with Gasteiger partial charge in [0.05, 0.1) is 11.8 Å². The number of tetrazole rings is 1. The van der Waals surface area contributed by atoms with Crippen molar-refractivity contribution in [2.45, 2.75) is 50.4 Å². The van der Waals surface area contributed by atoms with Crippen LogP contribution in [0.1, 0.15) is 44.2 Å². The molecule has 2 amide bonds. The third kappa shape index (κ3) is 5.55. The summed E-state index contributed by atoms with van der Waals surface area (Å²) < 4.78 is 1.87. The molecular formula is C21H29N7O2S. The molecule has 4 rings (SSSR count). The number of nitrogens with zero attached hydrogens (tertiary/aromatic N) is 6. The minimum atomic E-state index is -0.0320. The quantitative estimate of drug-likeness (QED) is 0.653. The lowest BCUT2D eigenvalue weighted by Gasteiger charge is -2.35. The van der Waals surface area contributed by atoms with E-state index < -0.39 is 0 Å². The Morgan fingerprint density at radius 2 is 1.81 bits per heavy atom. The van der Waals surface area contributed by atoms with Crippen LogP contribution in [-0.4, -0.2) is 68.9 Å². The van der Waals surface area contributed by atoms with E-state index in [2.05, 4.69) is 37.9 Å². The van der Waals surface area contributed by atoms with Crippen molar-refractivity contribution in [1.29, 1.82) is 0 Å². The van der Waals surface area contributed by atoms with Crippen LogP contribution >= 0.6 is 11.8 Å². The van der Waals surface area contributed by atoms with Crippen molar-refractivity contribution in [2.24, 2.45) is 0 Å². The van der Waals surface area contributed by atoms with Crippen LogP contribution in [0.4, 0.5) is 5.69 Å². The fourth-order valence-electron chi connectivity index (χ4n) is 4.14. The summed E-state index contributed by atoms with van der Waals surface area (Å²) in [5.41, 5.74) is 2.20. The Balaban J connectivity index is 1.21. The summed E-state index contributed by atoms with van der Waals surface area (Å²) in [5, 5.41) is 15.7. The largest absolute Gasteiger partial charge is 0.368 e. The second-order valence-electron chi connectivity index (χ2n) is 8.07. The number of hydrogen-bond acceptors (Lipinski definition) is 7. The summed E-state index contributed by atoms with van der Waals surface area (Å²) in [5.74, 6) is 0.403. The third-order valence-electron chi connectivity index (χ3n) is 5.98. The number of hydrogen-bond donors (Lipinski definition) is 1. The second kappa shape index (κ2) is 10.1. The molecule has 1 saturated heterocycles. The van der Waals surface area contributed by atoms with E-state index in [1.54, 1.807) is 6.92 Å². The molecule has 0 spiro atoms. The van der Waals surface area contributed by atoms with Crippen molar-refractivity contribution in [3.8, 4) is 0 Å². The van der Waals surface area contributed by atoms with E-state index >= 15 is 0 Å². The molecule has 1 aromatic carbocycles. The summed E-state index contributed by atoms with van der Waals surface area (Å²) in [6, 6.07) is 8.61. The Morgan fingerprint density at radius 3 is 2.48 bits per heavy atom. The lowest BCUT2D eigenvalue weighted by atomic mass is 10.1. The van der Waals surface area contributed by atoms with E-state index in [-0.39, 0.29) is 11.8 Å². The van der Waals surface area contributed by atoms with Crippen LogP contribution in [0.2, 0.25) is 0 Å². The van der Waals surface area contributed by atoms with Gasteiger partial charge in [-0.2, -0.15) is 0 Å². The Hall–Kier alpha value is -2.62. The maximum atomic E-state index is 12.3. The van der Waals surface area contributed by atoms with E-state index in [1.807, 2.05) is 21.7 Å². The second-order valence-corrected chi connectivity index (χ2v) is 9.01. The number of nitrogens with one attached hydrogen (secondary N) is 1. The fraction of sp³-hybridized carbons (Fsp3) is 0.571. The first kappa shape index (κ1) is 21.6. The molecule has 166 valence electrons. The highest BCUT2D eigenvalue weighted by Crippen LogP contribution is 2.31. The predicted octanol–water partition coefficient (Wildman–Crippen LogP) is 1.87.